The van der Waals surface area contributed by atoms with Crippen LogP contribution >= 0.6 is 12.2 Å². The number of rotatable bonds is 5. The van der Waals surface area contributed by atoms with Crippen molar-refractivity contribution in [2.24, 2.45) is 5.14 Å². The van der Waals surface area contributed by atoms with Gasteiger partial charge in [-0.2, -0.15) is 13.2 Å². The normalized spacial score (nSPS) is 11.9. The zero-order valence-electron chi connectivity index (χ0n) is 14.3. The first-order chi connectivity index (χ1) is 12.5. The fourth-order valence-electron chi connectivity index (χ4n) is 2.33. The van der Waals surface area contributed by atoms with Crippen molar-refractivity contribution in [3.8, 4) is 0 Å². The maximum Gasteiger partial charge on any atom is 0.406 e. The van der Waals surface area contributed by atoms with Gasteiger partial charge in [0.15, 0.2) is 5.11 Å². The number of alkyl halides is 3. The molecule has 146 valence electrons. The molecule has 0 aliphatic rings. The van der Waals surface area contributed by atoms with E-state index in [4.69, 9.17) is 17.4 Å². The predicted octanol–water partition coefficient (Wildman–Crippen LogP) is 3.40. The van der Waals surface area contributed by atoms with Gasteiger partial charge in [0.05, 0.1) is 4.90 Å². The topological polar surface area (TPSA) is 75.4 Å². The van der Waals surface area contributed by atoms with Crippen molar-refractivity contribution < 1.29 is 21.6 Å². The number of sulfonamides is 1. The van der Waals surface area contributed by atoms with Crippen LogP contribution in [0.3, 0.4) is 0 Å². The SMILES string of the molecule is Cc1ccccc1NC(=S)N(Cc1ccc(S(N)(=O)=O)cc1)CC(F)(F)F. The number of hydrogen-bond donors (Lipinski definition) is 2. The number of para-hydroxylation sites is 1. The average Bonchev–Trinajstić information content (AvgIpc) is 2.55. The van der Waals surface area contributed by atoms with Gasteiger partial charge in [0.1, 0.15) is 6.54 Å². The van der Waals surface area contributed by atoms with Crippen LogP contribution in [0, 0.1) is 6.92 Å². The first-order valence-corrected chi connectivity index (χ1v) is 9.71. The average molecular weight is 417 g/mol. The van der Waals surface area contributed by atoms with E-state index in [0.717, 1.165) is 10.5 Å². The Bertz CT molecular complexity index is 914. The number of anilines is 1. The molecule has 0 aliphatic heterocycles. The van der Waals surface area contributed by atoms with Gasteiger partial charge < -0.3 is 10.2 Å². The van der Waals surface area contributed by atoms with Crippen LogP contribution in [0.4, 0.5) is 18.9 Å². The molecule has 0 unspecified atom stereocenters. The van der Waals surface area contributed by atoms with E-state index in [1.54, 1.807) is 12.1 Å². The van der Waals surface area contributed by atoms with Gasteiger partial charge in [-0.15, -0.1) is 0 Å². The fraction of sp³-hybridized carbons (Fsp3) is 0.235. The minimum absolute atomic E-state index is 0.0860. The summed E-state index contributed by atoms with van der Waals surface area (Å²) in [5, 5.41) is 7.77. The van der Waals surface area contributed by atoms with E-state index >= 15 is 0 Å². The summed E-state index contributed by atoms with van der Waals surface area (Å²) in [6.45, 7) is 0.412. The highest BCUT2D eigenvalue weighted by molar-refractivity contribution is 7.89. The third-order valence-corrected chi connectivity index (χ3v) is 4.96. The van der Waals surface area contributed by atoms with Gasteiger partial charge in [0, 0.05) is 12.2 Å². The fourth-order valence-corrected chi connectivity index (χ4v) is 3.08. The van der Waals surface area contributed by atoms with E-state index in [1.807, 2.05) is 19.1 Å². The largest absolute Gasteiger partial charge is 0.406 e. The molecule has 0 aliphatic carbocycles. The lowest BCUT2D eigenvalue weighted by Crippen LogP contribution is -2.41. The van der Waals surface area contributed by atoms with E-state index in [-0.39, 0.29) is 16.6 Å². The van der Waals surface area contributed by atoms with Crippen LogP contribution in [0.2, 0.25) is 0 Å². The smallest absolute Gasteiger partial charge is 0.336 e. The van der Waals surface area contributed by atoms with Crippen LogP contribution in [0.25, 0.3) is 0 Å². The molecule has 0 saturated heterocycles. The molecule has 0 amide bonds. The summed E-state index contributed by atoms with van der Waals surface area (Å²) in [6.07, 6.45) is -4.46. The summed E-state index contributed by atoms with van der Waals surface area (Å²) in [4.78, 5) is 0.850. The lowest BCUT2D eigenvalue weighted by molar-refractivity contribution is -0.138. The van der Waals surface area contributed by atoms with E-state index in [0.29, 0.717) is 11.3 Å². The predicted molar refractivity (Wildman–Crippen MR) is 102 cm³/mol. The number of primary sulfonamides is 1. The standard InChI is InChI=1S/C17H18F3N3O2S2/c1-12-4-2-3-5-15(12)22-16(26)23(11-17(18,19)20)10-13-6-8-14(9-7-13)27(21,24)25/h2-9H,10-11H2,1H3,(H,22,26)(H2,21,24,25). The molecule has 27 heavy (non-hydrogen) atoms. The highest BCUT2D eigenvalue weighted by atomic mass is 32.2. The molecule has 0 atom stereocenters. The maximum atomic E-state index is 13.0. The molecule has 2 rings (SSSR count). The quantitative estimate of drug-likeness (QED) is 0.730. The van der Waals surface area contributed by atoms with Gasteiger partial charge in [-0.05, 0) is 48.5 Å². The van der Waals surface area contributed by atoms with Crippen LogP contribution < -0.4 is 10.5 Å². The third-order valence-electron chi connectivity index (χ3n) is 3.67. The van der Waals surface area contributed by atoms with Crippen molar-refractivity contribution in [1.82, 2.24) is 4.90 Å². The van der Waals surface area contributed by atoms with E-state index < -0.39 is 22.7 Å². The van der Waals surface area contributed by atoms with Crippen molar-refractivity contribution in [2.75, 3.05) is 11.9 Å². The maximum absolute atomic E-state index is 13.0. The molecule has 0 bridgehead atoms. The van der Waals surface area contributed by atoms with Crippen molar-refractivity contribution in [3.05, 3.63) is 59.7 Å². The highest BCUT2D eigenvalue weighted by Gasteiger charge is 2.32. The summed E-state index contributed by atoms with van der Waals surface area (Å²) in [5.41, 5.74) is 1.91. The second kappa shape index (κ2) is 8.24. The zero-order chi connectivity index (χ0) is 20.2. The van der Waals surface area contributed by atoms with Crippen molar-refractivity contribution in [2.45, 2.75) is 24.5 Å². The molecular weight excluding hydrogens is 399 g/mol. The van der Waals surface area contributed by atoms with Gasteiger partial charge >= 0.3 is 6.18 Å². The molecule has 0 spiro atoms. The lowest BCUT2D eigenvalue weighted by Gasteiger charge is -2.27. The van der Waals surface area contributed by atoms with Crippen LogP contribution in [0.15, 0.2) is 53.4 Å². The Morgan fingerprint density at radius 1 is 1.15 bits per heavy atom. The zero-order valence-corrected chi connectivity index (χ0v) is 16.0. The minimum Gasteiger partial charge on any atom is -0.336 e. The number of thiocarbonyl (C=S) groups is 1. The summed E-state index contributed by atoms with van der Waals surface area (Å²) in [7, 11) is -3.87. The summed E-state index contributed by atoms with van der Waals surface area (Å²) < 4.78 is 61.5. The Hall–Kier alpha value is -2.17. The van der Waals surface area contributed by atoms with Gasteiger partial charge in [-0.25, -0.2) is 13.6 Å². The number of benzene rings is 2. The Morgan fingerprint density at radius 2 is 1.74 bits per heavy atom. The molecule has 0 aromatic heterocycles. The summed E-state index contributed by atoms with van der Waals surface area (Å²) >= 11 is 5.17. The summed E-state index contributed by atoms with van der Waals surface area (Å²) in [6, 6.07) is 12.4. The molecule has 2 aromatic rings. The number of halogens is 3. The van der Waals surface area contributed by atoms with Crippen LogP contribution in [0.1, 0.15) is 11.1 Å². The Balaban J connectivity index is 2.21. The second-order valence-corrected chi connectivity index (χ2v) is 7.85. The van der Waals surface area contributed by atoms with Crippen molar-refractivity contribution in [3.63, 3.8) is 0 Å². The number of nitrogens with zero attached hydrogens (tertiary/aromatic N) is 1. The molecule has 3 N–H and O–H groups in total. The first-order valence-electron chi connectivity index (χ1n) is 7.76. The van der Waals surface area contributed by atoms with Crippen molar-refractivity contribution >= 4 is 33.0 Å². The van der Waals surface area contributed by atoms with Crippen LogP contribution in [-0.2, 0) is 16.6 Å². The van der Waals surface area contributed by atoms with Gasteiger partial charge in [-0.3, -0.25) is 0 Å². The van der Waals surface area contributed by atoms with Crippen LogP contribution in [0.5, 0.6) is 0 Å². The molecule has 2 aromatic carbocycles. The molecule has 0 saturated carbocycles. The first kappa shape index (κ1) is 21.1. The molecule has 0 heterocycles. The Kier molecular flexibility index (Phi) is 6.45. The van der Waals surface area contributed by atoms with E-state index in [9.17, 15) is 21.6 Å². The van der Waals surface area contributed by atoms with Gasteiger partial charge in [0.25, 0.3) is 0 Å². The number of aryl methyl sites for hydroxylation is 1. The summed E-state index contributed by atoms with van der Waals surface area (Å²) in [5.74, 6) is 0. The minimum atomic E-state index is -4.46. The monoisotopic (exact) mass is 417 g/mol. The van der Waals surface area contributed by atoms with Crippen LogP contribution in [-0.4, -0.2) is 31.2 Å². The molecule has 0 fully saturated rings. The Labute approximate surface area is 161 Å². The number of nitrogens with one attached hydrogen (secondary N) is 1. The highest BCUT2D eigenvalue weighted by Crippen LogP contribution is 2.21. The van der Waals surface area contributed by atoms with Gasteiger partial charge in [0.2, 0.25) is 10.0 Å². The van der Waals surface area contributed by atoms with Gasteiger partial charge in [-0.1, -0.05) is 30.3 Å². The molecule has 5 nitrogen and oxygen atoms in total. The number of nitrogens with two attached hydrogens (primary N) is 1. The third kappa shape index (κ3) is 6.49. The van der Waals surface area contributed by atoms with E-state index in [1.165, 1.54) is 24.3 Å². The second-order valence-electron chi connectivity index (χ2n) is 5.91. The molecule has 0 radical (unpaired) electrons. The van der Waals surface area contributed by atoms with Crippen molar-refractivity contribution in [1.29, 1.82) is 0 Å². The Morgan fingerprint density at radius 3 is 2.26 bits per heavy atom. The van der Waals surface area contributed by atoms with E-state index in [2.05, 4.69) is 5.32 Å². The molecule has 10 heteroatoms. The molecular formula is C17H18F3N3O2S2. The number of hydrogen-bond acceptors (Lipinski definition) is 3. The lowest BCUT2D eigenvalue weighted by atomic mass is 10.2.